The minimum Gasteiger partial charge on any atom is -0.490 e. The lowest BCUT2D eigenvalue weighted by molar-refractivity contribution is -0.139. The van der Waals surface area contributed by atoms with E-state index in [1.54, 1.807) is 4.90 Å². The molecular weight excluding hydrogens is 548 g/mol. The summed E-state index contributed by atoms with van der Waals surface area (Å²) in [6, 6.07) is 4.21. The lowest BCUT2D eigenvalue weighted by Crippen LogP contribution is -2.56. The molecule has 2 saturated carbocycles. The summed E-state index contributed by atoms with van der Waals surface area (Å²) in [5, 5.41) is 2.85. The molecule has 0 radical (unpaired) electrons. The van der Waals surface area contributed by atoms with Crippen molar-refractivity contribution in [2.24, 2.45) is 17.3 Å². The number of aldehydes is 1. The maximum Gasteiger partial charge on any atom is 0.408 e. The molecule has 3 heterocycles. The number of rotatable bonds is 3. The molecule has 4 aliphatic rings. The molecule has 232 valence electrons. The van der Waals surface area contributed by atoms with Crippen LogP contribution in [0.2, 0.25) is 0 Å². The Bertz CT molecular complexity index is 1400. The van der Waals surface area contributed by atoms with Gasteiger partial charge in [-0.3, -0.25) is 4.79 Å². The van der Waals surface area contributed by atoms with Gasteiger partial charge in [0.25, 0.3) is 0 Å². The molecule has 43 heavy (non-hydrogen) atoms. The van der Waals surface area contributed by atoms with Crippen molar-refractivity contribution in [1.29, 1.82) is 0 Å². The van der Waals surface area contributed by atoms with Crippen molar-refractivity contribution in [3.05, 3.63) is 23.9 Å². The molecule has 6 atom stereocenters. The minimum atomic E-state index is -0.881. The second-order valence-corrected chi connectivity index (χ2v) is 14.2. The zero-order chi connectivity index (χ0) is 30.5. The molecule has 1 N–H and O–H groups in total. The number of carbonyl (C=O) groups is 3. The second-order valence-electron chi connectivity index (χ2n) is 14.2. The molecule has 10 heteroatoms. The average Bonchev–Trinajstić information content (AvgIpc) is 3.85. The summed E-state index contributed by atoms with van der Waals surface area (Å²) in [5.74, 6) is 0.883. The van der Waals surface area contributed by atoms with Gasteiger partial charge in [0, 0.05) is 17.9 Å². The molecule has 6 rings (SSSR count). The lowest BCUT2D eigenvalue weighted by Gasteiger charge is -2.34. The van der Waals surface area contributed by atoms with Crippen LogP contribution < -0.4 is 14.8 Å². The van der Waals surface area contributed by atoms with Crippen molar-refractivity contribution >= 4 is 29.3 Å². The van der Waals surface area contributed by atoms with Crippen molar-refractivity contribution in [3.63, 3.8) is 0 Å². The van der Waals surface area contributed by atoms with Crippen molar-refractivity contribution < 1.29 is 28.6 Å². The number of benzene rings is 1. The molecule has 3 fully saturated rings. The van der Waals surface area contributed by atoms with Gasteiger partial charge >= 0.3 is 6.09 Å². The average molecular weight is 593 g/mol. The molecule has 1 aromatic heterocycles. The van der Waals surface area contributed by atoms with E-state index in [-0.39, 0.29) is 24.5 Å². The Labute approximate surface area is 253 Å². The molecule has 2 aliphatic heterocycles. The smallest absolute Gasteiger partial charge is 0.408 e. The predicted molar refractivity (Wildman–Crippen MR) is 160 cm³/mol. The van der Waals surface area contributed by atoms with Crippen LogP contribution in [0.4, 0.5) is 4.79 Å². The van der Waals surface area contributed by atoms with Crippen molar-refractivity contribution in [3.8, 4) is 11.6 Å². The predicted octanol–water partition coefficient (Wildman–Crippen LogP) is 5.00. The third kappa shape index (κ3) is 6.29. The van der Waals surface area contributed by atoms with Gasteiger partial charge in [-0.05, 0) is 63.0 Å². The Hall–Kier alpha value is -3.43. The number of hydrogen-bond donors (Lipinski definition) is 1. The van der Waals surface area contributed by atoms with Gasteiger partial charge < -0.3 is 29.2 Å². The van der Waals surface area contributed by atoms with Crippen molar-refractivity contribution in [2.75, 3.05) is 6.54 Å². The van der Waals surface area contributed by atoms with E-state index in [0.717, 1.165) is 68.2 Å². The van der Waals surface area contributed by atoms with E-state index in [9.17, 15) is 14.4 Å². The van der Waals surface area contributed by atoms with E-state index in [1.165, 1.54) is 0 Å². The topological polar surface area (TPSA) is 120 Å². The number of carbonyl (C=O) groups excluding carboxylic acids is 3. The normalized spacial score (nSPS) is 31.9. The van der Waals surface area contributed by atoms with Crippen LogP contribution in [0.3, 0.4) is 0 Å². The quantitative estimate of drug-likeness (QED) is 0.495. The van der Waals surface area contributed by atoms with Gasteiger partial charge in [-0.15, -0.1) is 0 Å². The van der Waals surface area contributed by atoms with Gasteiger partial charge in [-0.2, -0.15) is 0 Å². The third-order valence-corrected chi connectivity index (χ3v) is 9.57. The number of aryl methyl sites for hydroxylation is 1. The summed E-state index contributed by atoms with van der Waals surface area (Å²) in [6.45, 7) is 9.75. The van der Waals surface area contributed by atoms with Crippen LogP contribution >= 0.6 is 0 Å². The second kappa shape index (κ2) is 11.2. The molecular formula is C33H44N4O6. The fourth-order valence-corrected chi connectivity index (χ4v) is 6.47. The number of amides is 2. The van der Waals surface area contributed by atoms with E-state index in [0.29, 0.717) is 23.7 Å². The van der Waals surface area contributed by atoms with Gasteiger partial charge in [0.1, 0.15) is 35.5 Å². The summed E-state index contributed by atoms with van der Waals surface area (Å²) in [6.07, 6.45) is 7.55. The summed E-state index contributed by atoms with van der Waals surface area (Å²) < 4.78 is 18.4. The van der Waals surface area contributed by atoms with Crippen molar-refractivity contribution in [2.45, 2.75) is 116 Å². The van der Waals surface area contributed by atoms with Crippen LogP contribution in [0.5, 0.6) is 11.6 Å². The first-order valence-corrected chi connectivity index (χ1v) is 15.8. The maximum atomic E-state index is 14.0. The van der Waals surface area contributed by atoms with Crippen LogP contribution in [0.25, 0.3) is 11.0 Å². The van der Waals surface area contributed by atoms with Crippen LogP contribution in [-0.4, -0.2) is 69.6 Å². The summed E-state index contributed by atoms with van der Waals surface area (Å²) >= 11 is 0. The standard InChI is InChI=1S/C33H44N4O6/c1-19-26(18-38)37-17-27(19)42-29-24(34-23-14-13-22(15-25(23)35-29)41-21-11-12-21)10-8-6-7-9-20-16-33(20,5)43-31(40)36-28(30(37)39)32(2,3)4/h13-15,18-21,26-28H,6-12,16-17H2,1-5H3,(H,36,40)/t19-,20+,26+,27-,28+,33+/m0/s1. The SMILES string of the molecule is C[C@@H]1[C@@H]2CN(C(=O)[C@H](C(C)(C)C)NC(=O)O[C@]3(C)C[C@H]3CCCCCc3nc4ccc(OC5CC5)cc4nc3O2)[C@@H]1C=O. The van der Waals surface area contributed by atoms with E-state index in [1.807, 2.05) is 52.8 Å². The first kappa shape index (κ1) is 29.6. The number of alkyl carbamates (subject to hydrolysis) is 1. The first-order chi connectivity index (χ1) is 20.4. The summed E-state index contributed by atoms with van der Waals surface area (Å²) in [4.78, 5) is 50.9. The highest BCUT2D eigenvalue weighted by Crippen LogP contribution is 2.49. The Balaban J connectivity index is 1.33. The van der Waals surface area contributed by atoms with E-state index < -0.39 is 35.3 Å². The number of nitrogens with zero attached hydrogens (tertiary/aromatic N) is 3. The minimum absolute atomic E-state index is 0.191. The molecule has 1 saturated heterocycles. The number of nitrogens with one attached hydrogen (secondary N) is 1. The van der Waals surface area contributed by atoms with Crippen molar-refractivity contribution in [1.82, 2.24) is 20.2 Å². The number of ether oxygens (including phenoxy) is 3. The summed E-state index contributed by atoms with van der Waals surface area (Å²) in [5.41, 5.74) is 1.11. The first-order valence-electron chi connectivity index (χ1n) is 15.8. The van der Waals surface area contributed by atoms with Crippen LogP contribution in [0.15, 0.2) is 18.2 Å². The molecule has 10 nitrogen and oxygen atoms in total. The molecule has 1 aromatic carbocycles. The molecule has 2 amide bonds. The Morgan fingerprint density at radius 2 is 1.88 bits per heavy atom. The monoisotopic (exact) mass is 592 g/mol. The van der Waals surface area contributed by atoms with Gasteiger partial charge in [-0.1, -0.05) is 40.5 Å². The van der Waals surface area contributed by atoms with E-state index in [2.05, 4.69) is 5.32 Å². The molecule has 2 aromatic rings. The maximum absolute atomic E-state index is 14.0. The van der Waals surface area contributed by atoms with E-state index in [4.69, 9.17) is 24.2 Å². The van der Waals surface area contributed by atoms with Gasteiger partial charge in [-0.25, -0.2) is 14.8 Å². The molecule has 0 unspecified atom stereocenters. The third-order valence-electron chi connectivity index (χ3n) is 9.57. The fourth-order valence-electron chi connectivity index (χ4n) is 6.47. The lowest BCUT2D eigenvalue weighted by atomic mass is 9.85. The highest BCUT2D eigenvalue weighted by molar-refractivity contribution is 5.89. The van der Waals surface area contributed by atoms with Crippen LogP contribution in [0, 0.1) is 17.3 Å². The number of aromatic nitrogens is 2. The number of fused-ring (bicyclic) bond motifs is 5. The van der Waals surface area contributed by atoms with Gasteiger partial charge in [0.15, 0.2) is 0 Å². The largest absolute Gasteiger partial charge is 0.490 e. The molecule has 0 spiro atoms. The van der Waals surface area contributed by atoms with Crippen LogP contribution in [-0.2, 0) is 20.7 Å². The van der Waals surface area contributed by atoms with Gasteiger partial charge in [0.05, 0.1) is 29.7 Å². The zero-order valence-electron chi connectivity index (χ0n) is 25.9. The van der Waals surface area contributed by atoms with Gasteiger partial charge in [0.2, 0.25) is 11.8 Å². The Morgan fingerprint density at radius 3 is 2.60 bits per heavy atom. The number of hydrogen-bond acceptors (Lipinski definition) is 8. The fraction of sp³-hybridized carbons (Fsp3) is 0.667. The van der Waals surface area contributed by atoms with E-state index >= 15 is 0 Å². The summed E-state index contributed by atoms with van der Waals surface area (Å²) in [7, 11) is 0. The molecule has 2 bridgehead atoms. The molecule has 2 aliphatic carbocycles. The Kier molecular flexibility index (Phi) is 7.75. The Morgan fingerprint density at radius 1 is 1.09 bits per heavy atom. The highest BCUT2D eigenvalue weighted by Gasteiger charge is 2.54. The van der Waals surface area contributed by atoms with Crippen LogP contribution in [0.1, 0.15) is 85.3 Å². The highest BCUT2D eigenvalue weighted by atomic mass is 16.6. The zero-order valence-corrected chi connectivity index (χ0v) is 25.9.